The van der Waals surface area contributed by atoms with Crippen molar-refractivity contribution in [3.63, 3.8) is 0 Å². The molecule has 1 heterocycles. The Kier molecular flexibility index (Phi) is 3.40. The topological polar surface area (TPSA) is 82.0 Å². The lowest BCUT2D eigenvalue weighted by atomic mass is 10.2. The van der Waals surface area contributed by atoms with E-state index in [0.29, 0.717) is 5.56 Å². The molecule has 2 N–H and O–H groups in total. The maximum Gasteiger partial charge on any atom is 0.288 e. The summed E-state index contributed by atoms with van der Waals surface area (Å²) in [7, 11) is 0. The Morgan fingerprint density at radius 1 is 1.71 bits per heavy atom. The molecule has 0 amide bonds. The van der Waals surface area contributed by atoms with Gasteiger partial charge in [0, 0.05) is 6.07 Å². The standard InChI is InChI=1S/C8H6ClN3O2/c9-8-6(2-1-3-10)4-7(5-11-8)12(13)14/h4-5H,3,10H2. The van der Waals surface area contributed by atoms with Crippen LogP contribution >= 0.6 is 11.6 Å². The van der Waals surface area contributed by atoms with E-state index in [9.17, 15) is 10.1 Å². The van der Waals surface area contributed by atoms with Crippen molar-refractivity contribution in [1.82, 2.24) is 4.98 Å². The quantitative estimate of drug-likeness (QED) is 0.325. The molecule has 5 nitrogen and oxygen atoms in total. The fourth-order valence-electron chi connectivity index (χ4n) is 0.771. The number of hydrogen-bond donors (Lipinski definition) is 1. The van der Waals surface area contributed by atoms with Crippen molar-refractivity contribution in [2.45, 2.75) is 0 Å². The highest BCUT2D eigenvalue weighted by Crippen LogP contribution is 2.17. The van der Waals surface area contributed by atoms with Crippen LogP contribution < -0.4 is 5.73 Å². The predicted molar refractivity (Wildman–Crippen MR) is 51.8 cm³/mol. The first-order valence-electron chi connectivity index (χ1n) is 3.64. The van der Waals surface area contributed by atoms with Crippen molar-refractivity contribution in [3.05, 3.63) is 33.1 Å². The third-order valence-electron chi connectivity index (χ3n) is 1.36. The van der Waals surface area contributed by atoms with Crippen LogP contribution in [0.15, 0.2) is 12.3 Å². The van der Waals surface area contributed by atoms with Gasteiger partial charge in [-0.15, -0.1) is 0 Å². The van der Waals surface area contributed by atoms with Gasteiger partial charge in [-0.05, 0) is 0 Å². The average molecular weight is 212 g/mol. The lowest BCUT2D eigenvalue weighted by Gasteiger charge is -1.94. The van der Waals surface area contributed by atoms with Crippen LogP contribution in [0, 0.1) is 22.0 Å². The molecule has 1 aromatic rings. The summed E-state index contributed by atoms with van der Waals surface area (Å²) in [5.74, 6) is 5.14. The van der Waals surface area contributed by atoms with Crippen LogP contribution in [0.5, 0.6) is 0 Å². The van der Waals surface area contributed by atoms with Crippen LogP contribution in [0.4, 0.5) is 5.69 Å². The molecule has 0 unspecified atom stereocenters. The van der Waals surface area contributed by atoms with E-state index in [4.69, 9.17) is 17.3 Å². The van der Waals surface area contributed by atoms with Gasteiger partial charge in [-0.1, -0.05) is 23.4 Å². The van der Waals surface area contributed by atoms with Gasteiger partial charge in [0.1, 0.15) is 11.3 Å². The molecule has 0 saturated heterocycles. The summed E-state index contributed by atoms with van der Waals surface area (Å²) in [4.78, 5) is 13.5. The molecule has 0 fully saturated rings. The maximum absolute atomic E-state index is 10.4. The van der Waals surface area contributed by atoms with Gasteiger partial charge in [0.25, 0.3) is 5.69 Å². The molecule has 0 saturated carbocycles. The van der Waals surface area contributed by atoms with Gasteiger partial charge in [0.2, 0.25) is 0 Å². The highest BCUT2D eigenvalue weighted by atomic mass is 35.5. The summed E-state index contributed by atoms with van der Waals surface area (Å²) in [5, 5.41) is 10.5. The number of nitrogens with zero attached hydrogens (tertiary/aromatic N) is 2. The summed E-state index contributed by atoms with van der Waals surface area (Å²) in [6.45, 7) is 0.166. The molecular formula is C8H6ClN3O2. The minimum atomic E-state index is -0.559. The van der Waals surface area contributed by atoms with Crippen molar-refractivity contribution < 1.29 is 4.92 Å². The summed E-state index contributed by atoms with van der Waals surface area (Å²) in [6.07, 6.45) is 1.08. The lowest BCUT2D eigenvalue weighted by Crippen LogP contribution is -1.94. The van der Waals surface area contributed by atoms with Gasteiger partial charge in [-0.2, -0.15) is 0 Å². The molecule has 0 bridgehead atoms. The van der Waals surface area contributed by atoms with Gasteiger partial charge in [-0.3, -0.25) is 10.1 Å². The van der Waals surface area contributed by atoms with Crippen LogP contribution in [0.1, 0.15) is 5.56 Å². The van der Waals surface area contributed by atoms with Crippen LogP contribution in [-0.4, -0.2) is 16.5 Å². The zero-order valence-electron chi connectivity index (χ0n) is 7.03. The first kappa shape index (κ1) is 10.4. The van der Waals surface area contributed by atoms with Gasteiger partial charge in [-0.25, -0.2) is 4.98 Å². The molecule has 0 spiro atoms. The molecule has 1 rings (SSSR count). The molecule has 14 heavy (non-hydrogen) atoms. The van der Waals surface area contributed by atoms with Gasteiger partial charge in [0.15, 0.2) is 0 Å². The maximum atomic E-state index is 10.4. The van der Waals surface area contributed by atoms with E-state index in [2.05, 4.69) is 16.8 Å². The van der Waals surface area contributed by atoms with Gasteiger partial charge >= 0.3 is 0 Å². The Morgan fingerprint density at radius 3 is 3.00 bits per heavy atom. The average Bonchev–Trinajstić information content (AvgIpc) is 2.16. The summed E-state index contributed by atoms with van der Waals surface area (Å²) >= 11 is 5.66. The highest BCUT2D eigenvalue weighted by Gasteiger charge is 2.08. The summed E-state index contributed by atoms with van der Waals surface area (Å²) in [6, 6.07) is 1.26. The van der Waals surface area contributed by atoms with Crippen molar-refractivity contribution in [2.24, 2.45) is 5.73 Å². The zero-order chi connectivity index (χ0) is 10.6. The molecule has 0 aliphatic carbocycles. The first-order valence-corrected chi connectivity index (χ1v) is 4.02. The van der Waals surface area contributed by atoms with E-state index in [1.807, 2.05) is 0 Å². The highest BCUT2D eigenvalue weighted by molar-refractivity contribution is 6.30. The Hall–Kier alpha value is -1.64. The monoisotopic (exact) mass is 211 g/mol. The van der Waals surface area contributed by atoms with Crippen LogP contribution in [0.25, 0.3) is 0 Å². The minimum absolute atomic E-state index is 0.136. The number of hydrogen-bond acceptors (Lipinski definition) is 4. The molecule has 0 aliphatic rings. The van der Waals surface area contributed by atoms with E-state index >= 15 is 0 Å². The SMILES string of the molecule is NCC#Cc1cc([N+](=O)[O-])cnc1Cl. The number of nitrogens with two attached hydrogens (primary N) is 1. The molecular weight excluding hydrogens is 206 g/mol. The second kappa shape index (κ2) is 4.56. The van der Waals surface area contributed by atoms with E-state index in [0.717, 1.165) is 6.20 Å². The fourth-order valence-corrected chi connectivity index (χ4v) is 0.921. The molecule has 1 aromatic heterocycles. The lowest BCUT2D eigenvalue weighted by molar-refractivity contribution is -0.385. The number of nitro groups is 1. The minimum Gasteiger partial charge on any atom is -0.320 e. The first-order chi connectivity index (χ1) is 6.65. The summed E-state index contributed by atoms with van der Waals surface area (Å²) < 4.78 is 0. The van der Waals surface area contributed by atoms with E-state index in [1.54, 1.807) is 0 Å². The second-order valence-electron chi connectivity index (χ2n) is 2.29. The molecule has 0 radical (unpaired) electrons. The van der Waals surface area contributed by atoms with Crippen LogP contribution in [0.2, 0.25) is 5.15 Å². The van der Waals surface area contributed by atoms with E-state index in [-0.39, 0.29) is 17.4 Å². The van der Waals surface area contributed by atoms with Gasteiger partial charge < -0.3 is 5.73 Å². The predicted octanol–water partition coefficient (Wildman–Crippen LogP) is 0.953. The van der Waals surface area contributed by atoms with Crippen molar-refractivity contribution >= 4 is 17.3 Å². The number of halogens is 1. The largest absolute Gasteiger partial charge is 0.320 e. The van der Waals surface area contributed by atoms with Crippen molar-refractivity contribution in [1.29, 1.82) is 0 Å². The third-order valence-corrected chi connectivity index (χ3v) is 1.66. The number of aromatic nitrogens is 1. The van der Waals surface area contributed by atoms with E-state index < -0.39 is 4.92 Å². The molecule has 0 atom stereocenters. The molecule has 72 valence electrons. The Bertz CT molecular complexity index is 422. The zero-order valence-corrected chi connectivity index (χ0v) is 7.78. The third kappa shape index (κ3) is 2.42. The Morgan fingerprint density at radius 2 is 2.43 bits per heavy atom. The Labute approximate surface area is 85.0 Å². The molecule has 6 heteroatoms. The fraction of sp³-hybridized carbons (Fsp3) is 0.125. The Balaban J connectivity index is 3.14. The normalized spacial score (nSPS) is 9.00. The van der Waals surface area contributed by atoms with Crippen molar-refractivity contribution in [3.8, 4) is 11.8 Å². The second-order valence-corrected chi connectivity index (χ2v) is 2.65. The molecule has 0 aliphatic heterocycles. The van der Waals surface area contributed by atoms with Crippen LogP contribution in [-0.2, 0) is 0 Å². The smallest absolute Gasteiger partial charge is 0.288 e. The molecule has 0 aromatic carbocycles. The van der Waals surface area contributed by atoms with E-state index in [1.165, 1.54) is 6.07 Å². The summed E-state index contributed by atoms with van der Waals surface area (Å²) in [5.41, 5.74) is 5.32. The van der Waals surface area contributed by atoms with Crippen LogP contribution in [0.3, 0.4) is 0 Å². The number of pyridine rings is 1. The van der Waals surface area contributed by atoms with Gasteiger partial charge in [0.05, 0.1) is 17.0 Å². The number of rotatable bonds is 1. The van der Waals surface area contributed by atoms with Crippen molar-refractivity contribution in [2.75, 3.05) is 6.54 Å².